The van der Waals surface area contributed by atoms with Gasteiger partial charge in [0.25, 0.3) is 11.1 Å². The van der Waals surface area contributed by atoms with Crippen LogP contribution in [0.2, 0.25) is 5.02 Å². The Bertz CT molecular complexity index is 1110. The summed E-state index contributed by atoms with van der Waals surface area (Å²) in [5.41, 5.74) is 0.592. The molecule has 1 aromatic heterocycles. The number of carbonyl (C=O) groups excluding carboxylic acids is 2. The predicted molar refractivity (Wildman–Crippen MR) is 115 cm³/mol. The molecule has 166 valence electrons. The molecule has 3 aromatic rings. The van der Waals surface area contributed by atoms with Crippen molar-refractivity contribution in [2.24, 2.45) is 0 Å². The van der Waals surface area contributed by atoms with Crippen LogP contribution in [0.15, 0.2) is 52.1 Å². The second kappa shape index (κ2) is 10.2. The average Bonchev–Trinajstić information content (AvgIpc) is 3.45. The fourth-order valence-corrected chi connectivity index (χ4v) is 3.28. The van der Waals surface area contributed by atoms with Crippen LogP contribution in [-0.2, 0) is 16.1 Å². The summed E-state index contributed by atoms with van der Waals surface area (Å²) in [5, 5.41) is 13.9. The minimum absolute atomic E-state index is 0.0414. The van der Waals surface area contributed by atoms with E-state index in [2.05, 4.69) is 20.8 Å². The number of nitrogens with one attached hydrogen (secondary N) is 2. The van der Waals surface area contributed by atoms with Crippen LogP contribution in [0.5, 0.6) is 17.2 Å². The van der Waals surface area contributed by atoms with Gasteiger partial charge in [-0.2, -0.15) is 0 Å². The number of benzene rings is 2. The molecule has 4 rings (SSSR count). The van der Waals surface area contributed by atoms with Crippen molar-refractivity contribution in [2.45, 2.75) is 11.8 Å². The zero-order valence-corrected chi connectivity index (χ0v) is 18.1. The van der Waals surface area contributed by atoms with Crippen molar-refractivity contribution < 1.29 is 28.2 Å². The lowest BCUT2D eigenvalue weighted by atomic mass is 10.3. The van der Waals surface area contributed by atoms with Gasteiger partial charge in [0, 0.05) is 16.8 Å². The van der Waals surface area contributed by atoms with Gasteiger partial charge in [-0.1, -0.05) is 23.4 Å². The molecule has 2 aromatic carbocycles. The van der Waals surface area contributed by atoms with Crippen molar-refractivity contribution in [1.82, 2.24) is 15.5 Å². The third-order valence-electron chi connectivity index (χ3n) is 4.05. The van der Waals surface area contributed by atoms with Crippen molar-refractivity contribution >= 4 is 40.9 Å². The van der Waals surface area contributed by atoms with Gasteiger partial charge in [-0.05, 0) is 36.4 Å². The van der Waals surface area contributed by atoms with E-state index in [1.807, 2.05) is 0 Å². The Morgan fingerprint density at radius 2 is 1.88 bits per heavy atom. The quantitative estimate of drug-likeness (QED) is 0.448. The molecule has 2 heterocycles. The van der Waals surface area contributed by atoms with Gasteiger partial charge in [-0.25, -0.2) is 0 Å². The molecule has 0 radical (unpaired) electrons. The highest BCUT2D eigenvalue weighted by Crippen LogP contribution is 2.34. The summed E-state index contributed by atoms with van der Waals surface area (Å²) < 4.78 is 21.3. The van der Waals surface area contributed by atoms with Gasteiger partial charge in [0.15, 0.2) is 18.1 Å². The summed E-state index contributed by atoms with van der Waals surface area (Å²) in [7, 11) is 0. The van der Waals surface area contributed by atoms with Gasteiger partial charge in [-0.3, -0.25) is 9.59 Å². The molecule has 0 aliphatic carbocycles. The highest BCUT2D eigenvalue weighted by atomic mass is 35.5. The number of thioether (sulfide) groups is 1. The summed E-state index contributed by atoms with van der Waals surface area (Å²) in [4.78, 5) is 24.0. The number of hydrogen-bond acceptors (Lipinski definition) is 9. The maximum absolute atomic E-state index is 12.1. The van der Waals surface area contributed by atoms with E-state index in [4.69, 9.17) is 30.2 Å². The second-order valence-electron chi connectivity index (χ2n) is 6.39. The van der Waals surface area contributed by atoms with Crippen molar-refractivity contribution in [1.29, 1.82) is 0 Å². The average molecular weight is 477 g/mol. The van der Waals surface area contributed by atoms with Crippen LogP contribution in [-0.4, -0.2) is 41.2 Å². The third-order valence-corrected chi connectivity index (χ3v) is 5.12. The molecular weight excluding hydrogens is 460 g/mol. The summed E-state index contributed by atoms with van der Waals surface area (Å²) in [6.07, 6.45) is 0. The molecule has 0 spiro atoms. The molecule has 0 unspecified atom stereocenters. The Morgan fingerprint density at radius 3 is 2.72 bits per heavy atom. The maximum Gasteiger partial charge on any atom is 0.277 e. The second-order valence-corrected chi connectivity index (χ2v) is 7.75. The van der Waals surface area contributed by atoms with Gasteiger partial charge in [0.05, 0.1) is 12.3 Å². The summed E-state index contributed by atoms with van der Waals surface area (Å²) >= 11 is 6.88. The number of halogens is 1. The predicted octanol–water partition coefficient (Wildman–Crippen LogP) is 2.88. The van der Waals surface area contributed by atoms with E-state index in [-0.39, 0.29) is 48.6 Å². The van der Waals surface area contributed by atoms with Gasteiger partial charge in [-0.15, -0.1) is 10.2 Å². The summed E-state index contributed by atoms with van der Waals surface area (Å²) in [6.45, 7) is 0.0368. The lowest BCUT2D eigenvalue weighted by Crippen LogP contribution is -2.28. The van der Waals surface area contributed by atoms with Gasteiger partial charge < -0.3 is 29.3 Å². The molecule has 0 saturated carbocycles. The van der Waals surface area contributed by atoms with Crippen molar-refractivity contribution in [3.8, 4) is 17.2 Å². The van der Waals surface area contributed by atoms with Crippen LogP contribution in [0.25, 0.3) is 0 Å². The highest BCUT2D eigenvalue weighted by molar-refractivity contribution is 7.99. The molecule has 0 saturated heterocycles. The molecule has 1 aliphatic heterocycles. The Kier molecular flexibility index (Phi) is 6.97. The topological polar surface area (TPSA) is 125 Å². The summed E-state index contributed by atoms with van der Waals surface area (Å²) in [6, 6.07) is 11.8. The molecule has 2 amide bonds. The van der Waals surface area contributed by atoms with E-state index in [9.17, 15) is 9.59 Å². The first kappa shape index (κ1) is 21.8. The fraction of sp³-hybridized carbons (Fsp3) is 0.200. The van der Waals surface area contributed by atoms with Crippen LogP contribution in [0, 0.1) is 0 Å². The zero-order chi connectivity index (χ0) is 22.3. The van der Waals surface area contributed by atoms with Crippen LogP contribution in [0.1, 0.15) is 5.89 Å². The minimum Gasteiger partial charge on any atom is -0.484 e. The zero-order valence-electron chi connectivity index (χ0n) is 16.5. The molecule has 12 heteroatoms. The van der Waals surface area contributed by atoms with Crippen LogP contribution in [0.3, 0.4) is 0 Å². The summed E-state index contributed by atoms with van der Waals surface area (Å²) in [5.74, 6) is 1.43. The normalized spacial score (nSPS) is 11.8. The number of aromatic nitrogens is 2. The number of carbonyl (C=O) groups is 2. The van der Waals surface area contributed by atoms with Crippen LogP contribution >= 0.6 is 23.4 Å². The van der Waals surface area contributed by atoms with E-state index in [0.29, 0.717) is 28.0 Å². The molecule has 0 bridgehead atoms. The van der Waals surface area contributed by atoms with E-state index in [1.165, 1.54) is 0 Å². The fourth-order valence-electron chi connectivity index (χ4n) is 2.57. The Balaban J connectivity index is 1.17. The Labute approximate surface area is 191 Å². The molecule has 0 atom stereocenters. The van der Waals surface area contributed by atoms with Crippen LogP contribution in [0.4, 0.5) is 5.69 Å². The molecule has 0 fully saturated rings. The number of fused-ring (bicyclic) bond motifs is 1. The Hall–Kier alpha value is -3.44. The SMILES string of the molecule is O=C(COc1ccc(Cl)cc1)NCc1nnc(SCC(=O)Nc2ccc3c(c2)OCO3)o1. The van der Waals surface area contributed by atoms with Crippen molar-refractivity contribution in [3.63, 3.8) is 0 Å². The lowest BCUT2D eigenvalue weighted by molar-refractivity contribution is -0.123. The van der Waals surface area contributed by atoms with Gasteiger partial charge in [0.2, 0.25) is 18.6 Å². The number of amides is 2. The van der Waals surface area contributed by atoms with E-state index >= 15 is 0 Å². The largest absolute Gasteiger partial charge is 0.484 e. The van der Waals surface area contributed by atoms with Crippen molar-refractivity contribution in [3.05, 3.63) is 53.4 Å². The highest BCUT2D eigenvalue weighted by Gasteiger charge is 2.15. The first-order valence-electron chi connectivity index (χ1n) is 9.35. The molecule has 32 heavy (non-hydrogen) atoms. The van der Waals surface area contributed by atoms with E-state index < -0.39 is 0 Å². The first-order valence-corrected chi connectivity index (χ1v) is 10.7. The number of nitrogens with zero attached hydrogens (tertiary/aromatic N) is 2. The van der Waals surface area contributed by atoms with Gasteiger partial charge in [0.1, 0.15) is 5.75 Å². The first-order chi connectivity index (χ1) is 15.5. The number of hydrogen-bond donors (Lipinski definition) is 2. The van der Waals surface area contributed by atoms with Gasteiger partial charge >= 0.3 is 0 Å². The third kappa shape index (κ3) is 6.05. The van der Waals surface area contributed by atoms with E-state index in [0.717, 1.165) is 11.8 Å². The van der Waals surface area contributed by atoms with Crippen LogP contribution < -0.4 is 24.8 Å². The number of rotatable bonds is 9. The molecule has 10 nitrogen and oxygen atoms in total. The van der Waals surface area contributed by atoms with Crippen molar-refractivity contribution in [2.75, 3.05) is 24.5 Å². The number of ether oxygens (including phenoxy) is 3. The lowest BCUT2D eigenvalue weighted by Gasteiger charge is -2.06. The molecule has 1 aliphatic rings. The minimum atomic E-state index is -0.351. The Morgan fingerprint density at radius 1 is 1.06 bits per heavy atom. The van der Waals surface area contributed by atoms with E-state index in [1.54, 1.807) is 42.5 Å². The maximum atomic E-state index is 12.1. The molecular formula is C20H17ClN4O6S. The molecule has 2 N–H and O–H groups in total. The smallest absolute Gasteiger partial charge is 0.277 e. The monoisotopic (exact) mass is 476 g/mol. The number of anilines is 1. The standard InChI is InChI=1S/C20H17ClN4O6S/c21-12-1-4-14(5-2-12)28-9-17(26)22-8-19-24-25-20(31-19)32-10-18(27)23-13-3-6-15-16(7-13)30-11-29-15/h1-7H,8-11H2,(H,22,26)(H,23,27).